The third kappa shape index (κ3) is 5.23. The highest BCUT2D eigenvalue weighted by molar-refractivity contribution is 6.02. The van der Waals surface area contributed by atoms with E-state index in [1.54, 1.807) is 24.3 Å². The summed E-state index contributed by atoms with van der Waals surface area (Å²) < 4.78 is 2.24. The van der Waals surface area contributed by atoms with Crippen LogP contribution in [0.4, 0.5) is 16.2 Å². The Labute approximate surface area is 171 Å². The molecule has 0 atom stereocenters. The maximum absolute atomic E-state index is 12.3. The summed E-state index contributed by atoms with van der Waals surface area (Å²) in [6.07, 6.45) is 2.09. The lowest BCUT2D eigenvalue weighted by molar-refractivity contribution is 0.101. The number of Topliss-reactive ketones (excluding diaryl/α,β-unsaturated/α-hetero) is 1. The van der Waals surface area contributed by atoms with E-state index in [9.17, 15) is 9.59 Å². The molecule has 0 bridgehead atoms. The van der Waals surface area contributed by atoms with E-state index in [-0.39, 0.29) is 11.8 Å². The zero-order valence-corrected chi connectivity index (χ0v) is 17.2. The van der Waals surface area contributed by atoms with E-state index in [0.29, 0.717) is 11.3 Å². The molecule has 0 aliphatic heterocycles. The molecular weight excluding hydrogens is 364 g/mol. The number of rotatable bonds is 8. The molecule has 2 aromatic carbocycles. The highest BCUT2D eigenvalue weighted by Crippen LogP contribution is 2.21. The van der Waals surface area contributed by atoms with E-state index < -0.39 is 0 Å². The lowest BCUT2D eigenvalue weighted by atomic mass is 10.1. The second kappa shape index (κ2) is 9.39. The fraction of sp³-hybridized carbons (Fsp3) is 0.304. The minimum atomic E-state index is -0.342. The Morgan fingerprint density at radius 2 is 1.69 bits per heavy atom. The van der Waals surface area contributed by atoms with Crippen LogP contribution in [-0.2, 0) is 6.54 Å². The summed E-state index contributed by atoms with van der Waals surface area (Å²) in [5, 5.41) is 6.71. The van der Waals surface area contributed by atoms with Crippen molar-refractivity contribution in [2.75, 3.05) is 30.3 Å². The van der Waals surface area contributed by atoms with Crippen molar-refractivity contribution in [2.45, 2.75) is 27.3 Å². The van der Waals surface area contributed by atoms with Gasteiger partial charge in [0.25, 0.3) is 0 Å². The van der Waals surface area contributed by atoms with Gasteiger partial charge in [-0.25, -0.2) is 4.79 Å². The number of carbonyl (C=O) groups excluding carboxylic acids is 2. The number of aromatic nitrogens is 1. The first-order valence-corrected chi connectivity index (χ1v) is 10.0. The van der Waals surface area contributed by atoms with Crippen molar-refractivity contribution in [3.63, 3.8) is 0 Å². The molecule has 3 rings (SSSR count). The number of amides is 2. The molecule has 1 heterocycles. The van der Waals surface area contributed by atoms with Crippen LogP contribution in [0.2, 0.25) is 0 Å². The van der Waals surface area contributed by atoms with Crippen molar-refractivity contribution in [1.29, 1.82) is 0 Å². The molecular formula is C23H28N4O2. The van der Waals surface area contributed by atoms with E-state index in [1.165, 1.54) is 6.92 Å². The Hall–Kier alpha value is -3.12. The second-order valence-corrected chi connectivity index (χ2v) is 7.03. The molecule has 0 radical (unpaired) electrons. The van der Waals surface area contributed by atoms with E-state index >= 15 is 0 Å². The Morgan fingerprint density at radius 1 is 0.966 bits per heavy atom. The molecule has 0 saturated carbocycles. The maximum atomic E-state index is 12.3. The quantitative estimate of drug-likeness (QED) is 0.540. The maximum Gasteiger partial charge on any atom is 0.323 e. The number of carbonyl (C=O) groups is 2. The Bertz CT molecular complexity index is 1010. The fourth-order valence-electron chi connectivity index (χ4n) is 3.37. The topological polar surface area (TPSA) is 66.4 Å². The Kier molecular flexibility index (Phi) is 6.67. The van der Waals surface area contributed by atoms with Crippen LogP contribution >= 0.6 is 0 Å². The predicted molar refractivity (Wildman–Crippen MR) is 119 cm³/mol. The van der Waals surface area contributed by atoms with Crippen molar-refractivity contribution in [2.24, 2.45) is 0 Å². The molecule has 0 fully saturated rings. The number of nitrogens with one attached hydrogen (secondary N) is 2. The molecule has 0 saturated heterocycles. The average Bonchev–Trinajstić information content (AvgIpc) is 3.11. The van der Waals surface area contributed by atoms with Gasteiger partial charge in [0.05, 0.1) is 0 Å². The summed E-state index contributed by atoms with van der Waals surface area (Å²) >= 11 is 0. The molecule has 152 valence electrons. The standard InChI is InChI=1S/C23H28N4O2/c1-4-26(5-2)13-14-27-12-11-19-16-21(9-10-22(19)27)25-23(29)24-20-8-6-7-18(15-20)17(3)28/h6-12,15-16H,4-5,13-14H2,1-3H3,(H2,24,25,29). The van der Waals surface area contributed by atoms with Crippen molar-refractivity contribution in [1.82, 2.24) is 9.47 Å². The van der Waals surface area contributed by atoms with Crippen LogP contribution in [0.15, 0.2) is 54.7 Å². The van der Waals surface area contributed by atoms with Gasteiger partial charge in [0.15, 0.2) is 5.78 Å². The van der Waals surface area contributed by atoms with Gasteiger partial charge in [-0.1, -0.05) is 26.0 Å². The fourth-order valence-corrected chi connectivity index (χ4v) is 3.37. The third-order valence-electron chi connectivity index (χ3n) is 5.11. The van der Waals surface area contributed by atoms with E-state index in [0.717, 1.165) is 42.8 Å². The molecule has 2 N–H and O–H groups in total. The van der Waals surface area contributed by atoms with Gasteiger partial charge >= 0.3 is 6.03 Å². The number of ketones is 1. The monoisotopic (exact) mass is 392 g/mol. The van der Waals surface area contributed by atoms with E-state index in [1.807, 2.05) is 18.2 Å². The molecule has 6 heteroatoms. The van der Waals surface area contributed by atoms with Crippen molar-refractivity contribution < 1.29 is 9.59 Å². The number of nitrogens with zero attached hydrogens (tertiary/aromatic N) is 2. The lowest BCUT2D eigenvalue weighted by Crippen LogP contribution is -2.26. The molecule has 2 amide bonds. The molecule has 3 aromatic rings. The number of hydrogen-bond acceptors (Lipinski definition) is 3. The normalized spacial score (nSPS) is 11.0. The highest BCUT2D eigenvalue weighted by Gasteiger charge is 2.08. The number of likely N-dealkylation sites (N-methyl/N-ethyl adjacent to an activating group) is 1. The first-order chi connectivity index (χ1) is 14.0. The molecule has 1 aromatic heterocycles. The summed E-state index contributed by atoms with van der Waals surface area (Å²) in [4.78, 5) is 26.2. The van der Waals surface area contributed by atoms with E-state index in [4.69, 9.17) is 0 Å². The van der Waals surface area contributed by atoms with Crippen molar-refractivity contribution in [3.8, 4) is 0 Å². The van der Waals surface area contributed by atoms with Gasteiger partial charge in [-0.2, -0.15) is 0 Å². The summed E-state index contributed by atoms with van der Waals surface area (Å²) in [6.45, 7) is 9.90. The van der Waals surface area contributed by atoms with Crippen LogP contribution in [0.25, 0.3) is 10.9 Å². The van der Waals surface area contributed by atoms with Crippen LogP contribution < -0.4 is 10.6 Å². The lowest BCUT2D eigenvalue weighted by Gasteiger charge is -2.18. The highest BCUT2D eigenvalue weighted by atomic mass is 16.2. The minimum Gasteiger partial charge on any atom is -0.346 e. The first-order valence-electron chi connectivity index (χ1n) is 10.0. The molecule has 0 spiro atoms. The minimum absolute atomic E-state index is 0.0370. The largest absolute Gasteiger partial charge is 0.346 e. The van der Waals surface area contributed by atoms with Crippen LogP contribution in [0.1, 0.15) is 31.1 Å². The van der Waals surface area contributed by atoms with Gasteiger partial charge in [0.2, 0.25) is 0 Å². The smallest absolute Gasteiger partial charge is 0.323 e. The van der Waals surface area contributed by atoms with Crippen molar-refractivity contribution >= 4 is 34.1 Å². The first kappa shape index (κ1) is 20.6. The zero-order chi connectivity index (χ0) is 20.8. The van der Waals surface area contributed by atoms with Gasteiger partial charge in [-0.3, -0.25) is 4.79 Å². The number of urea groups is 1. The SMILES string of the molecule is CCN(CC)CCn1ccc2cc(NC(=O)Nc3cccc(C(C)=O)c3)ccc21. The van der Waals surface area contributed by atoms with Crippen LogP contribution in [0, 0.1) is 0 Å². The van der Waals surface area contributed by atoms with Gasteiger partial charge in [0.1, 0.15) is 0 Å². The summed E-state index contributed by atoms with van der Waals surface area (Å²) in [7, 11) is 0. The molecule has 6 nitrogen and oxygen atoms in total. The van der Waals surface area contributed by atoms with Gasteiger partial charge < -0.3 is 20.1 Å². The number of anilines is 2. The van der Waals surface area contributed by atoms with Gasteiger partial charge in [-0.05, 0) is 56.4 Å². The van der Waals surface area contributed by atoms with Gasteiger partial charge in [-0.15, -0.1) is 0 Å². The Morgan fingerprint density at radius 3 is 2.38 bits per heavy atom. The summed E-state index contributed by atoms with van der Waals surface area (Å²) in [5.41, 5.74) is 3.02. The van der Waals surface area contributed by atoms with Crippen molar-refractivity contribution in [3.05, 3.63) is 60.3 Å². The second-order valence-electron chi connectivity index (χ2n) is 7.03. The zero-order valence-electron chi connectivity index (χ0n) is 17.2. The summed E-state index contributed by atoms with van der Waals surface area (Å²) in [6, 6.07) is 14.5. The Balaban J connectivity index is 1.65. The number of hydrogen-bond donors (Lipinski definition) is 2. The predicted octanol–water partition coefficient (Wildman–Crippen LogP) is 4.83. The number of benzene rings is 2. The van der Waals surface area contributed by atoms with Crippen LogP contribution in [0.3, 0.4) is 0 Å². The molecule has 0 aliphatic carbocycles. The van der Waals surface area contributed by atoms with E-state index in [2.05, 4.69) is 46.2 Å². The van der Waals surface area contributed by atoms with Crippen LogP contribution in [-0.4, -0.2) is 40.9 Å². The van der Waals surface area contributed by atoms with Crippen LogP contribution in [0.5, 0.6) is 0 Å². The number of fused-ring (bicyclic) bond motifs is 1. The summed E-state index contributed by atoms with van der Waals surface area (Å²) in [5.74, 6) is -0.0370. The molecule has 0 unspecified atom stereocenters. The molecule has 29 heavy (non-hydrogen) atoms. The average molecular weight is 393 g/mol. The van der Waals surface area contributed by atoms with Gasteiger partial charge in [0, 0.05) is 47.1 Å². The third-order valence-corrected chi connectivity index (χ3v) is 5.11. The molecule has 0 aliphatic rings.